The molecular weight excluding hydrogens is 585 g/mol. The predicted octanol–water partition coefficient (Wildman–Crippen LogP) is 8.33. The van der Waals surface area contributed by atoms with E-state index in [0.717, 1.165) is 49.7 Å². The smallest absolute Gasteiger partial charge is 0.469 e. The molecule has 0 saturated carbocycles. The molecular formula is C32H45F3O7S. The molecule has 1 aliphatic heterocycles. The average Bonchev–Trinajstić information content (AvgIpc) is 2.94. The van der Waals surface area contributed by atoms with Crippen molar-refractivity contribution in [2.75, 3.05) is 13.7 Å². The first kappa shape index (κ1) is 36.4. The third-order valence-electron chi connectivity index (χ3n) is 7.43. The van der Waals surface area contributed by atoms with Gasteiger partial charge in [0.1, 0.15) is 11.5 Å². The monoisotopic (exact) mass is 630 g/mol. The Morgan fingerprint density at radius 3 is 2.12 bits per heavy atom. The van der Waals surface area contributed by atoms with Crippen molar-refractivity contribution in [3.8, 4) is 11.5 Å². The van der Waals surface area contributed by atoms with E-state index in [-0.39, 0.29) is 29.3 Å². The van der Waals surface area contributed by atoms with Gasteiger partial charge in [0, 0.05) is 18.4 Å². The zero-order chi connectivity index (χ0) is 32.2. The lowest BCUT2D eigenvalue weighted by molar-refractivity contribution is -0.140. The van der Waals surface area contributed by atoms with Crippen molar-refractivity contribution in [2.24, 2.45) is 0 Å². The summed E-state index contributed by atoms with van der Waals surface area (Å²) in [6.45, 7) is 9.73. The van der Waals surface area contributed by atoms with Crippen molar-refractivity contribution in [1.29, 1.82) is 0 Å². The van der Waals surface area contributed by atoms with Gasteiger partial charge in [-0.1, -0.05) is 34.9 Å². The quantitative estimate of drug-likeness (QED) is 0.0833. The van der Waals surface area contributed by atoms with E-state index < -0.39 is 21.9 Å². The second kappa shape index (κ2) is 16.9. The second-order valence-corrected chi connectivity index (χ2v) is 12.6. The Morgan fingerprint density at radius 1 is 0.953 bits per heavy atom. The van der Waals surface area contributed by atoms with Gasteiger partial charge >= 0.3 is 21.6 Å². The number of benzene rings is 1. The average molecular weight is 631 g/mol. The number of methoxy groups -OCH3 is 1. The van der Waals surface area contributed by atoms with Crippen LogP contribution in [0.1, 0.15) is 95.2 Å². The van der Waals surface area contributed by atoms with E-state index >= 15 is 0 Å². The molecule has 1 aromatic rings. The van der Waals surface area contributed by atoms with Crippen LogP contribution in [0.25, 0.3) is 0 Å². The lowest BCUT2D eigenvalue weighted by Crippen LogP contribution is -2.29. The molecule has 1 unspecified atom stereocenters. The summed E-state index contributed by atoms with van der Waals surface area (Å²) in [7, 11) is -4.47. The second-order valence-electron chi connectivity index (χ2n) is 11.0. The Bertz CT molecular complexity index is 1290. The summed E-state index contributed by atoms with van der Waals surface area (Å²) in [5, 5.41) is 0. The van der Waals surface area contributed by atoms with E-state index in [9.17, 15) is 26.4 Å². The molecule has 0 bridgehead atoms. The van der Waals surface area contributed by atoms with E-state index in [1.165, 1.54) is 19.6 Å². The van der Waals surface area contributed by atoms with Gasteiger partial charge in [0.25, 0.3) is 0 Å². The number of carbonyl (C=O) groups excluding carboxylic acids is 1. The topological polar surface area (TPSA) is 88.1 Å². The number of alkyl halides is 3. The molecule has 43 heavy (non-hydrogen) atoms. The Kier molecular flexibility index (Phi) is 14.3. The molecule has 0 spiro atoms. The number of carbonyl (C=O) groups is 1. The van der Waals surface area contributed by atoms with Gasteiger partial charge < -0.3 is 18.4 Å². The Morgan fingerprint density at radius 2 is 1.56 bits per heavy atom. The van der Waals surface area contributed by atoms with Crippen LogP contribution >= 0.6 is 0 Å². The van der Waals surface area contributed by atoms with Crippen molar-refractivity contribution in [3.05, 3.63) is 57.7 Å². The van der Waals surface area contributed by atoms with Crippen LogP contribution in [0.4, 0.5) is 13.2 Å². The summed E-state index contributed by atoms with van der Waals surface area (Å²) in [6.07, 6.45) is 12.7. The summed E-state index contributed by atoms with van der Waals surface area (Å²) in [5.74, 6) is -0.125. The Hall–Kier alpha value is -2.79. The highest BCUT2D eigenvalue weighted by atomic mass is 32.2. The molecule has 1 aliphatic rings. The van der Waals surface area contributed by atoms with Crippen molar-refractivity contribution in [3.63, 3.8) is 0 Å². The first-order chi connectivity index (χ1) is 20.1. The molecule has 1 heterocycles. The number of halogens is 3. The molecule has 1 atom stereocenters. The molecule has 11 heteroatoms. The zero-order valence-corrected chi connectivity index (χ0v) is 26.9. The number of ether oxygens (including phenoxy) is 3. The minimum Gasteiger partial charge on any atom is -0.469 e. The number of hydrogen-bond acceptors (Lipinski definition) is 7. The molecule has 1 saturated heterocycles. The van der Waals surface area contributed by atoms with Gasteiger partial charge in [0.2, 0.25) is 0 Å². The van der Waals surface area contributed by atoms with Crippen molar-refractivity contribution in [1.82, 2.24) is 0 Å². The third-order valence-corrected chi connectivity index (χ3v) is 8.38. The lowest BCUT2D eigenvalue weighted by Gasteiger charge is -2.26. The number of hydrogen-bond donors (Lipinski definition) is 0. The van der Waals surface area contributed by atoms with Crippen LogP contribution in [0.2, 0.25) is 0 Å². The van der Waals surface area contributed by atoms with E-state index in [2.05, 4.69) is 28.0 Å². The molecule has 0 amide bonds. The molecule has 242 valence electrons. The maximum atomic E-state index is 13.2. The predicted molar refractivity (Wildman–Crippen MR) is 160 cm³/mol. The van der Waals surface area contributed by atoms with E-state index in [4.69, 9.17) is 9.47 Å². The first-order valence-corrected chi connectivity index (χ1v) is 16.0. The summed E-state index contributed by atoms with van der Waals surface area (Å²) in [4.78, 5) is 11.3. The van der Waals surface area contributed by atoms with E-state index in [1.807, 2.05) is 19.9 Å². The number of allylic oxidation sites excluding steroid dienone is 6. The largest absolute Gasteiger partial charge is 0.534 e. The molecule has 0 aliphatic carbocycles. The van der Waals surface area contributed by atoms with Crippen molar-refractivity contribution < 1.29 is 44.8 Å². The van der Waals surface area contributed by atoms with Crippen LogP contribution in [0, 0.1) is 13.8 Å². The molecule has 0 radical (unpaired) electrons. The van der Waals surface area contributed by atoms with Gasteiger partial charge in [-0.05, 0) is 103 Å². The Balaban J connectivity index is 2.13. The number of rotatable bonds is 15. The fourth-order valence-corrected chi connectivity index (χ4v) is 5.05. The lowest BCUT2D eigenvalue weighted by atomic mass is 9.99. The van der Waals surface area contributed by atoms with Gasteiger partial charge in [-0.15, -0.1) is 0 Å². The van der Waals surface area contributed by atoms with E-state index in [1.54, 1.807) is 13.0 Å². The molecule has 2 rings (SSSR count). The van der Waals surface area contributed by atoms with Crippen LogP contribution in [0.3, 0.4) is 0 Å². The summed E-state index contributed by atoms with van der Waals surface area (Å²) < 4.78 is 84.5. The molecule has 1 aromatic carbocycles. The van der Waals surface area contributed by atoms with Crippen LogP contribution < -0.4 is 8.92 Å². The summed E-state index contributed by atoms with van der Waals surface area (Å²) >= 11 is 0. The molecule has 7 nitrogen and oxygen atoms in total. The first-order valence-electron chi connectivity index (χ1n) is 14.6. The number of esters is 1. The van der Waals surface area contributed by atoms with Crippen LogP contribution in [-0.2, 0) is 30.8 Å². The third kappa shape index (κ3) is 12.0. The fraction of sp³-hybridized carbons (Fsp3) is 0.594. The van der Waals surface area contributed by atoms with Gasteiger partial charge in [0.15, 0.2) is 6.29 Å². The molecule has 0 N–H and O–H groups in total. The molecule has 1 fully saturated rings. The standard InChI is InChI=1S/C32H45F3O7S/c1-22(12-10-14-24(3)17-19-29(36)39-6)11-9-13-23(2)16-18-27-21-28(41-30-15-7-8-20-40-30)25(4)26(5)31(27)42-43(37,38)32(33,34)35/h11,14,16,21,30H,7-10,12-13,15,17-20H2,1-6H3/b22-11+,23-16+,24-14+. The highest BCUT2D eigenvalue weighted by Gasteiger charge is 2.49. The van der Waals surface area contributed by atoms with Gasteiger partial charge in [-0.3, -0.25) is 4.79 Å². The van der Waals surface area contributed by atoms with Crippen LogP contribution in [0.15, 0.2) is 41.0 Å². The summed E-state index contributed by atoms with van der Waals surface area (Å²) in [6, 6.07) is 1.55. The maximum Gasteiger partial charge on any atom is 0.534 e. The highest BCUT2D eigenvalue weighted by molar-refractivity contribution is 7.88. The summed E-state index contributed by atoms with van der Waals surface area (Å²) in [5.41, 5.74) is -1.14. The molecule has 0 aromatic heterocycles. The SMILES string of the molecule is COC(=O)CC/C(C)=C/CC/C(C)=C/CC/C(C)=C/Cc1cc(OC2CCCCO2)c(C)c(C)c1OS(=O)(=O)C(F)(F)F. The zero-order valence-electron chi connectivity index (χ0n) is 26.1. The van der Waals surface area contributed by atoms with Crippen LogP contribution in [-0.4, -0.2) is 39.9 Å². The van der Waals surface area contributed by atoms with E-state index in [0.29, 0.717) is 37.2 Å². The van der Waals surface area contributed by atoms with Gasteiger partial charge in [-0.2, -0.15) is 21.6 Å². The van der Waals surface area contributed by atoms with Gasteiger partial charge in [-0.25, -0.2) is 0 Å². The maximum absolute atomic E-state index is 13.2. The normalized spacial score (nSPS) is 17.1. The van der Waals surface area contributed by atoms with Crippen molar-refractivity contribution >= 4 is 16.1 Å². The Labute approximate surface area is 254 Å². The minimum atomic E-state index is -5.86. The van der Waals surface area contributed by atoms with Crippen LogP contribution in [0.5, 0.6) is 11.5 Å². The highest BCUT2D eigenvalue weighted by Crippen LogP contribution is 2.38. The minimum absolute atomic E-state index is 0.163. The fourth-order valence-electron chi connectivity index (χ4n) is 4.50. The van der Waals surface area contributed by atoms with Gasteiger partial charge in [0.05, 0.1) is 13.7 Å². The van der Waals surface area contributed by atoms with Crippen molar-refractivity contribution in [2.45, 2.75) is 111 Å².